The Labute approximate surface area is 68.5 Å². The predicted molar refractivity (Wildman–Crippen MR) is 53.7 cm³/mol. The number of hydrogen-bond acceptors (Lipinski definition) is 0. The summed E-state index contributed by atoms with van der Waals surface area (Å²) >= 11 is 0. The van der Waals surface area contributed by atoms with Crippen molar-refractivity contribution in [2.45, 2.75) is 11.6 Å². The van der Waals surface area contributed by atoms with E-state index in [9.17, 15) is 0 Å². The van der Waals surface area contributed by atoms with Crippen LogP contribution in [0.2, 0.25) is 0 Å². The molecule has 10 heavy (non-hydrogen) atoms. The van der Waals surface area contributed by atoms with E-state index in [1.165, 1.54) is 26.0 Å². The molecule has 0 fully saturated rings. The lowest BCUT2D eigenvalue weighted by Gasteiger charge is -2.17. The second-order valence-electron chi connectivity index (χ2n) is 3.62. The standard InChI is InChI=1S/C8H14Si2/c1-8(9,10)7-5-3-2-4-6-7/h2-6H,1,9-10H3. The van der Waals surface area contributed by atoms with E-state index < -0.39 is 0 Å². The van der Waals surface area contributed by atoms with Gasteiger partial charge in [-0.15, -0.1) is 0 Å². The molecule has 0 unspecified atom stereocenters. The molecule has 0 heterocycles. The van der Waals surface area contributed by atoms with Gasteiger partial charge in [-0.2, -0.15) is 0 Å². The second kappa shape index (κ2) is 2.72. The highest BCUT2D eigenvalue weighted by Crippen LogP contribution is 2.14. The Bertz CT molecular complexity index is 198. The monoisotopic (exact) mass is 166 g/mol. The molecule has 0 nitrogen and oxygen atoms in total. The highest BCUT2D eigenvalue weighted by Gasteiger charge is 2.11. The minimum atomic E-state index is 0.571. The molecule has 0 radical (unpaired) electrons. The summed E-state index contributed by atoms with van der Waals surface area (Å²) < 4.78 is 0.571. The Morgan fingerprint density at radius 2 is 1.60 bits per heavy atom. The summed E-state index contributed by atoms with van der Waals surface area (Å²) in [6.45, 7) is 2.35. The molecule has 0 bridgehead atoms. The Morgan fingerprint density at radius 1 is 1.10 bits per heavy atom. The minimum Gasteiger partial charge on any atom is -0.0622 e. The number of hydrogen-bond donors (Lipinski definition) is 0. The van der Waals surface area contributed by atoms with E-state index in [-0.39, 0.29) is 0 Å². The molecule has 0 saturated carbocycles. The molecule has 0 N–H and O–H groups in total. The molecule has 0 aliphatic carbocycles. The molecule has 54 valence electrons. The van der Waals surface area contributed by atoms with Gasteiger partial charge in [0.1, 0.15) is 0 Å². The maximum Gasteiger partial charge on any atom is 0.0113 e. The first-order valence-electron chi connectivity index (χ1n) is 3.66. The van der Waals surface area contributed by atoms with Gasteiger partial charge in [0.25, 0.3) is 0 Å². The van der Waals surface area contributed by atoms with Crippen molar-refractivity contribution >= 4 is 20.5 Å². The van der Waals surface area contributed by atoms with Crippen LogP contribution >= 0.6 is 0 Å². The first kappa shape index (κ1) is 7.76. The molecule has 0 spiro atoms. The fraction of sp³-hybridized carbons (Fsp3) is 0.250. The molecule has 1 aromatic rings. The Balaban J connectivity index is 2.97. The summed E-state index contributed by atoms with van der Waals surface area (Å²) in [4.78, 5) is 0. The topological polar surface area (TPSA) is 0 Å². The van der Waals surface area contributed by atoms with Crippen LogP contribution in [0.15, 0.2) is 30.3 Å². The van der Waals surface area contributed by atoms with E-state index in [2.05, 4.69) is 37.3 Å². The third-order valence-corrected chi connectivity index (χ3v) is 2.79. The van der Waals surface area contributed by atoms with Crippen molar-refractivity contribution in [3.63, 3.8) is 0 Å². The van der Waals surface area contributed by atoms with Gasteiger partial charge in [0.2, 0.25) is 0 Å². The number of rotatable bonds is 1. The SMILES string of the molecule is CC([SiH3])([SiH3])c1ccccc1. The average molecular weight is 166 g/mol. The summed E-state index contributed by atoms with van der Waals surface area (Å²) in [6.07, 6.45) is 0. The first-order valence-corrected chi connectivity index (χ1v) is 5.66. The minimum absolute atomic E-state index is 0.571. The normalized spacial score (nSPS) is 16.9. The average Bonchev–Trinajstić information content (AvgIpc) is 1.88. The highest BCUT2D eigenvalue weighted by atomic mass is 28.2. The molecule has 0 aliphatic rings. The van der Waals surface area contributed by atoms with Crippen molar-refractivity contribution in [3.05, 3.63) is 35.9 Å². The maximum absolute atomic E-state index is 2.35. The lowest BCUT2D eigenvalue weighted by Crippen LogP contribution is -2.21. The van der Waals surface area contributed by atoms with Gasteiger partial charge in [-0.05, 0) is 10.2 Å². The summed E-state index contributed by atoms with van der Waals surface area (Å²) in [6, 6.07) is 10.8. The van der Waals surface area contributed by atoms with E-state index in [4.69, 9.17) is 0 Å². The van der Waals surface area contributed by atoms with Crippen LogP contribution in [0.4, 0.5) is 0 Å². The van der Waals surface area contributed by atoms with Crippen molar-refractivity contribution in [2.24, 2.45) is 0 Å². The molecule has 0 saturated heterocycles. The molecule has 0 atom stereocenters. The highest BCUT2D eigenvalue weighted by molar-refractivity contribution is 6.39. The van der Waals surface area contributed by atoms with Crippen LogP contribution in [0.5, 0.6) is 0 Å². The Morgan fingerprint density at radius 3 is 1.90 bits per heavy atom. The van der Waals surface area contributed by atoms with Crippen molar-refractivity contribution in [1.82, 2.24) is 0 Å². The van der Waals surface area contributed by atoms with Crippen molar-refractivity contribution in [3.8, 4) is 0 Å². The molecule has 1 aromatic carbocycles. The van der Waals surface area contributed by atoms with Crippen LogP contribution in [0, 0.1) is 0 Å². The summed E-state index contributed by atoms with van der Waals surface area (Å²) in [7, 11) is 2.55. The fourth-order valence-corrected chi connectivity index (χ4v) is 1.60. The van der Waals surface area contributed by atoms with Gasteiger partial charge in [0.15, 0.2) is 0 Å². The Hall–Kier alpha value is -0.346. The quantitative estimate of drug-likeness (QED) is 0.498. The lowest BCUT2D eigenvalue weighted by atomic mass is 10.1. The van der Waals surface area contributed by atoms with Crippen molar-refractivity contribution in [1.29, 1.82) is 0 Å². The molecular formula is C8H14Si2. The van der Waals surface area contributed by atoms with Gasteiger partial charge < -0.3 is 0 Å². The molecule has 2 heteroatoms. The lowest BCUT2D eigenvalue weighted by molar-refractivity contribution is 0.972. The van der Waals surface area contributed by atoms with Gasteiger partial charge in [0.05, 0.1) is 0 Å². The zero-order valence-electron chi connectivity index (χ0n) is 6.89. The molecule has 0 amide bonds. The number of benzene rings is 1. The molecular weight excluding hydrogens is 152 g/mol. The summed E-state index contributed by atoms with van der Waals surface area (Å²) in [5, 5.41) is 0. The second-order valence-corrected chi connectivity index (χ2v) is 10.6. The van der Waals surface area contributed by atoms with Crippen molar-refractivity contribution < 1.29 is 0 Å². The van der Waals surface area contributed by atoms with E-state index in [1.807, 2.05) is 0 Å². The van der Waals surface area contributed by atoms with Gasteiger partial charge in [0, 0.05) is 20.5 Å². The smallest absolute Gasteiger partial charge is 0.0113 e. The van der Waals surface area contributed by atoms with E-state index >= 15 is 0 Å². The van der Waals surface area contributed by atoms with Crippen LogP contribution in [0.1, 0.15) is 12.5 Å². The van der Waals surface area contributed by atoms with Gasteiger partial charge >= 0.3 is 0 Å². The van der Waals surface area contributed by atoms with Gasteiger partial charge in [-0.1, -0.05) is 37.3 Å². The Kier molecular flexibility index (Phi) is 2.11. The van der Waals surface area contributed by atoms with E-state index in [0.29, 0.717) is 4.66 Å². The third kappa shape index (κ3) is 1.82. The van der Waals surface area contributed by atoms with Crippen LogP contribution in [-0.2, 0) is 4.66 Å². The fourth-order valence-electron chi connectivity index (χ4n) is 0.938. The van der Waals surface area contributed by atoms with E-state index in [0.717, 1.165) is 0 Å². The summed E-state index contributed by atoms with van der Waals surface area (Å²) in [5.74, 6) is 0. The largest absolute Gasteiger partial charge is 0.0622 e. The van der Waals surface area contributed by atoms with Crippen LogP contribution in [0.25, 0.3) is 0 Å². The maximum atomic E-state index is 2.35. The predicted octanol–water partition coefficient (Wildman–Crippen LogP) is -0.410. The molecule has 0 aromatic heterocycles. The third-order valence-electron chi connectivity index (χ3n) is 1.64. The van der Waals surface area contributed by atoms with Gasteiger partial charge in [-0.25, -0.2) is 0 Å². The first-order chi connectivity index (χ1) is 4.61. The van der Waals surface area contributed by atoms with Gasteiger partial charge in [-0.3, -0.25) is 0 Å². The molecule has 1 rings (SSSR count). The van der Waals surface area contributed by atoms with E-state index in [1.54, 1.807) is 0 Å². The summed E-state index contributed by atoms with van der Waals surface area (Å²) in [5.41, 5.74) is 1.52. The van der Waals surface area contributed by atoms with Crippen LogP contribution < -0.4 is 0 Å². The zero-order chi connectivity index (χ0) is 7.61. The van der Waals surface area contributed by atoms with Crippen molar-refractivity contribution in [2.75, 3.05) is 0 Å². The zero-order valence-corrected chi connectivity index (χ0v) is 10.9. The molecule has 0 aliphatic heterocycles. The van der Waals surface area contributed by atoms with Crippen LogP contribution in [0.3, 0.4) is 0 Å². The van der Waals surface area contributed by atoms with Crippen LogP contribution in [-0.4, -0.2) is 20.5 Å².